The van der Waals surface area contributed by atoms with Crippen LogP contribution in [0, 0.1) is 5.82 Å². The van der Waals surface area contributed by atoms with Crippen molar-refractivity contribution < 1.29 is 36.6 Å². The summed E-state index contributed by atoms with van der Waals surface area (Å²) < 4.78 is 61.6. The number of carbonyl (C=O) groups is 2. The van der Waals surface area contributed by atoms with E-state index in [1.165, 1.54) is 36.4 Å². The van der Waals surface area contributed by atoms with Crippen molar-refractivity contribution in [2.45, 2.75) is 43.7 Å². The van der Waals surface area contributed by atoms with Crippen LogP contribution in [0.4, 0.5) is 28.0 Å². The van der Waals surface area contributed by atoms with Crippen LogP contribution in [-0.2, 0) is 21.7 Å². The number of alkyl halides is 3. The first-order valence-electron chi connectivity index (χ1n) is 13.5. The van der Waals surface area contributed by atoms with Crippen molar-refractivity contribution in [1.29, 1.82) is 0 Å². The van der Waals surface area contributed by atoms with Crippen molar-refractivity contribution in [3.63, 3.8) is 0 Å². The van der Waals surface area contributed by atoms with Gasteiger partial charge in [0.05, 0.1) is 21.7 Å². The molecule has 2 aliphatic heterocycles. The third kappa shape index (κ3) is 7.52. The average Bonchev–Trinajstić information content (AvgIpc) is 2.94. The van der Waals surface area contributed by atoms with Gasteiger partial charge < -0.3 is 19.7 Å². The second-order valence-electron chi connectivity index (χ2n) is 10.5. The van der Waals surface area contributed by atoms with Gasteiger partial charge in [0.2, 0.25) is 5.91 Å². The van der Waals surface area contributed by atoms with Crippen LogP contribution in [0.25, 0.3) is 0 Å². The number of anilines is 1. The number of piperidine rings is 1. The fourth-order valence-corrected chi connectivity index (χ4v) is 5.84. The van der Waals surface area contributed by atoms with Crippen LogP contribution in [0.5, 0.6) is 5.75 Å². The number of carbonyl (C=O) groups excluding carboxylic acids is 2. The van der Waals surface area contributed by atoms with Gasteiger partial charge in [-0.1, -0.05) is 41.4 Å². The van der Waals surface area contributed by atoms with Crippen LogP contribution in [0.15, 0.2) is 60.7 Å². The van der Waals surface area contributed by atoms with E-state index in [1.807, 2.05) is 0 Å². The van der Waals surface area contributed by atoms with Gasteiger partial charge in [0, 0.05) is 38.0 Å². The van der Waals surface area contributed by atoms with Crippen LogP contribution < -0.4 is 15.4 Å². The molecule has 0 radical (unpaired) electrons. The molecule has 1 unspecified atom stereocenters. The zero-order valence-corrected chi connectivity index (χ0v) is 24.2. The van der Waals surface area contributed by atoms with Gasteiger partial charge in [-0.15, -0.1) is 13.2 Å². The van der Waals surface area contributed by atoms with Crippen LogP contribution in [0.1, 0.15) is 41.9 Å². The fourth-order valence-electron chi connectivity index (χ4n) is 5.53. The molecule has 228 valence electrons. The quantitative estimate of drug-likeness (QED) is 0.252. The first-order chi connectivity index (χ1) is 20.4. The molecule has 7 nitrogen and oxygen atoms in total. The zero-order valence-electron chi connectivity index (χ0n) is 22.6. The van der Waals surface area contributed by atoms with Crippen molar-refractivity contribution in [3.05, 3.63) is 93.2 Å². The maximum absolute atomic E-state index is 14.1. The fraction of sp³-hybridized carbons (Fsp3) is 0.333. The number of rotatable bonds is 8. The lowest BCUT2D eigenvalue weighted by molar-refractivity contribution is -0.274. The van der Waals surface area contributed by atoms with Gasteiger partial charge in [0.25, 0.3) is 0 Å². The molecular formula is C30H27Cl2F4N3O4. The topological polar surface area (TPSA) is 79.9 Å². The molecule has 2 N–H and O–H groups in total. The van der Waals surface area contributed by atoms with E-state index < -0.39 is 29.8 Å². The SMILES string of the molecule is O=C1Nc2ccc(F)cc2C2(CCN(CCC(C(=O)NCc3cccc(OC(F)(F)F)c3)c3ccc(Cl)c(Cl)c3)CC2)O1. The Kier molecular flexibility index (Phi) is 9.05. The molecule has 13 heteroatoms. The van der Waals surface area contributed by atoms with Gasteiger partial charge in [-0.2, -0.15) is 0 Å². The third-order valence-electron chi connectivity index (χ3n) is 7.66. The molecule has 0 bridgehead atoms. The molecule has 1 atom stereocenters. The normalized spacial score (nSPS) is 17.0. The molecule has 3 aromatic carbocycles. The molecule has 2 heterocycles. The first-order valence-corrected chi connectivity index (χ1v) is 14.3. The Balaban J connectivity index is 1.26. The second kappa shape index (κ2) is 12.6. The van der Waals surface area contributed by atoms with Crippen LogP contribution in [0.3, 0.4) is 0 Å². The number of nitrogens with one attached hydrogen (secondary N) is 2. The first kappa shape index (κ1) is 30.9. The number of likely N-dealkylation sites (tertiary alicyclic amines) is 1. The summed E-state index contributed by atoms with van der Waals surface area (Å²) in [5, 5.41) is 6.05. The largest absolute Gasteiger partial charge is 0.573 e. The highest BCUT2D eigenvalue weighted by molar-refractivity contribution is 6.42. The van der Waals surface area contributed by atoms with E-state index in [4.69, 9.17) is 27.9 Å². The summed E-state index contributed by atoms with van der Waals surface area (Å²) in [5.41, 5.74) is 1.24. The molecule has 0 saturated carbocycles. The summed E-state index contributed by atoms with van der Waals surface area (Å²) >= 11 is 12.3. The van der Waals surface area contributed by atoms with E-state index in [2.05, 4.69) is 20.3 Å². The summed E-state index contributed by atoms with van der Waals surface area (Å²) in [6.07, 6.45) is -4.14. The Morgan fingerprint density at radius 3 is 2.56 bits per heavy atom. The van der Waals surface area contributed by atoms with E-state index in [1.54, 1.807) is 24.3 Å². The molecule has 1 spiro atoms. The van der Waals surface area contributed by atoms with Crippen LogP contribution in [0.2, 0.25) is 10.0 Å². The van der Waals surface area contributed by atoms with Gasteiger partial charge in [-0.05, 0) is 66.6 Å². The number of hydrogen-bond acceptors (Lipinski definition) is 5. The number of amides is 2. The minimum atomic E-state index is -4.83. The number of ether oxygens (including phenoxy) is 2. The third-order valence-corrected chi connectivity index (χ3v) is 8.40. The van der Waals surface area contributed by atoms with E-state index in [0.29, 0.717) is 66.3 Å². The Bertz CT molecular complexity index is 1510. The number of fused-ring (bicyclic) bond motifs is 2. The summed E-state index contributed by atoms with van der Waals surface area (Å²) in [4.78, 5) is 27.8. The monoisotopic (exact) mass is 639 g/mol. The van der Waals surface area contributed by atoms with Crippen LogP contribution in [-0.4, -0.2) is 42.9 Å². The molecule has 0 aliphatic carbocycles. The van der Waals surface area contributed by atoms with Crippen LogP contribution >= 0.6 is 23.2 Å². The maximum atomic E-state index is 14.1. The Labute approximate surface area is 255 Å². The predicted octanol–water partition coefficient (Wildman–Crippen LogP) is 7.37. The number of halogens is 6. The van der Waals surface area contributed by atoms with Crippen molar-refractivity contribution in [2.75, 3.05) is 25.0 Å². The van der Waals surface area contributed by atoms with Gasteiger partial charge in [-0.25, -0.2) is 9.18 Å². The number of nitrogens with zero attached hydrogens (tertiary/aromatic N) is 1. The average molecular weight is 640 g/mol. The Morgan fingerprint density at radius 1 is 1.07 bits per heavy atom. The summed E-state index contributed by atoms with van der Waals surface area (Å²) in [6.45, 7) is 1.55. The van der Waals surface area contributed by atoms with Crippen molar-refractivity contribution in [2.24, 2.45) is 0 Å². The Hall–Kier alpha value is -3.54. The standard InChI is InChI=1S/C30H27Cl2F4N3O4/c31-24-6-4-19(15-25(24)32)22(27(40)37-17-18-2-1-3-21(14-18)42-30(34,35)36)8-11-39-12-9-29(10-13-39)23-16-20(33)5-7-26(23)38-28(41)43-29/h1-7,14-16,22H,8-13,17H2,(H,37,40)(H,38,41). The smallest absolute Gasteiger partial charge is 0.438 e. The van der Waals surface area contributed by atoms with Gasteiger partial charge in [0.1, 0.15) is 17.2 Å². The minimum Gasteiger partial charge on any atom is -0.438 e. The zero-order chi connectivity index (χ0) is 30.8. The summed E-state index contributed by atoms with van der Waals surface area (Å²) in [5.74, 6) is -1.79. The number of hydrogen-bond donors (Lipinski definition) is 2. The minimum absolute atomic E-state index is 0.0205. The van der Waals surface area contributed by atoms with Gasteiger partial charge in [-0.3, -0.25) is 10.1 Å². The molecule has 0 aromatic heterocycles. The van der Waals surface area contributed by atoms with Gasteiger partial charge in [0.15, 0.2) is 0 Å². The highest BCUT2D eigenvalue weighted by atomic mass is 35.5. The molecule has 2 amide bonds. The molecule has 5 rings (SSSR count). The highest BCUT2D eigenvalue weighted by Crippen LogP contribution is 2.44. The van der Waals surface area contributed by atoms with Crippen molar-refractivity contribution >= 4 is 40.9 Å². The molecule has 1 saturated heterocycles. The van der Waals surface area contributed by atoms with E-state index >= 15 is 0 Å². The summed E-state index contributed by atoms with van der Waals surface area (Å²) in [7, 11) is 0. The lowest BCUT2D eigenvalue weighted by atomic mass is 9.82. The van der Waals surface area contributed by atoms with Crippen molar-refractivity contribution in [3.8, 4) is 5.75 Å². The molecule has 2 aliphatic rings. The van der Waals surface area contributed by atoms with E-state index in [-0.39, 0.29) is 23.2 Å². The number of benzene rings is 3. The summed E-state index contributed by atoms with van der Waals surface area (Å²) in [6, 6.07) is 14.5. The molecular weight excluding hydrogens is 613 g/mol. The molecule has 43 heavy (non-hydrogen) atoms. The van der Waals surface area contributed by atoms with E-state index in [0.717, 1.165) is 0 Å². The second-order valence-corrected chi connectivity index (χ2v) is 11.3. The Morgan fingerprint density at radius 2 is 1.84 bits per heavy atom. The maximum Gasteiger partial charge on any atom is 0.573 e. The van der Waals surface area contributed by atoms with Gasteiger partial charge >= 0.3 is 12.5 Å². The lowest BCUT2D eigenvalue weighted by Crippen LogP contribution is -2.48. The molecule has 1 fully saturated rings. The van der Waals surface area contributed by atoms with Crippen molar-refractivity contribution in [1.82, 2.24) is 10.2 Å². The van der Waals surface area contributed by atoms with E-state index in [9.17, 15) is 27.2 Å². The lowest BCUT2D eigenvalue weighted by Gasteiger charge is -2.44. The predicted molar refractivity (Wildman–Crippen MR) is 153 cm³/mol. The highest BCUT2D eigenvalue weighted by Gasteiger charge is 2.44. The molecule has 3 aromatic rings.